The lowest BCUT2D eigenvalue weighted by Gasteiger charge is -2.39. The molecule has 46 heavy (non-hydrogen) atoms. The molecule has 0 aliphatic carbocycles. The average molecular weight is 669 g/mol. The van der Waals surface area contributed by atoms with Gasteiger partial charge >= 0.3 is 0 Å². The molecule has 11 atom stereocenters. The maximum Gasteiger partial charge on any atom is 0.220 e. The molecule has 2 aliphatic rings. The fourth-order valence-electron chi connectivity index (χ4n) is 5.02. The van der Waals surface area contributed by atoms with E-state index < -0.39 is 80.7 Å². The Labute approximate surface area is 267 Å². The molecule has 17 nitrogen and oxygen atoms in total. The maximum atomic E-state index is 12.3. The van der Waals surface area contributed by atoms with Crippen molar-refractivity contribution in [1.82, 2.24) is 10.6 Å². The van der Waals surface area contributed by atoms with E-state index in [1.54, 1.807) is 0 Å². The summed E-state index contributed by atoms with van der Waals surface area (Å²) in [6, 6.07) is -0.655. The van der Waals surface area contributed by atoms with Gasteiger partial charge in [0.15, 0.2) is 18.4 Å². The van der Waals surface area contributed by atoms with E-state index in [1.807, 2.05) is 0 Å². The van der Waals surface area contributed by atoms with Gasteiger partial charge in [-0.1, -0.05) is 0 Å². The SMILES string of the molecule is CC(=O)C(CCCCNC(=O)CCCCOC1OC(CO)C(O)C(O)C1O)NC(=O)CCCCO[C@@H]1OC(CO)C(O)C(O)C1O. The summed E-state index contributed by atoms with van der Waals surface area (Å²) in [4.78, 5) is 36.5. The number of aliphatic hydroxyl groups excluding tert-OH is 8. The van der Waals surface area contributed by atoms with E-state index in [1.165, 1.54) is 6.92 Å². The average Bonchev–Trinajstić information content (AvgIpc) is 3.03. The van der Waals surface area contributed by atoms with Crippen molar-refractivity contribution in [2.75, 3.05) is 33.0 Å². The molecule has 0 saturated carbocycles. The zero-order valence-electron chi connectivity index (χ0n) is 26.2. The summed E-state index contributed by atoms with van der Waals surface area (Å²) in [5, 5.41) is 83.1. The third-order valence-electron chi connectivity index (χ3n) is 7.93. The summed E-state index contributed by atoms with van der Waals surface area (Å²) in [7, 11) is 0. The smallest absolute Gasteiger partial charge is 0.220 e. The fourth-order valence-corrected chi connectivity index (χ4v) is 5.02. The van der Waals surface area contributed by atoms with Crippen LogP contribution >= 0.6 is 0 Å². The van der Waals surface area contributed by atoms with Crippen LogP contribution < -0.4 is 10.6 Å². The second-order valence-electron chi connectivity index (χ2n) is 11.6. The highest BCUT2D eigenvalue weighted by Gasteiger charge is 2.45. The molecular formula is C29H52N2O15. The number of unbranched alkanes of at least 4 members (excludes halogenated alkanes) is 3. The number of hydrogen-bond donors (Lipinski definition) is 10. The molecule has 10 unspecified atom stereocenters. The summed E-state index contributed by atoms with van der Waals surface area (Å²) in [6.07, 6.45) is -9.77. The highest BCUT2D eigenvalue weighted by Crippen LogP contribution is 2.23. The molecule has 0 aromatic rings. The number of nitrogens with one attached hydrogen (secondary N) is 2. The Bertz CT molecular complexity index is 910. The lowest BCUT2D eigenvalue weighted by atomic mass is 9.99. The zero-order chi connectivity index (χ0) is 34.2. The molecule has 2 heterocycles. The Kier molecular flexibility index (Phi) is 18.6. The molecule has 0 radical (unpaired) electrons. The Hall–Kier alpha value is -1.87. The van der Waals surface area contributed by atoms with E-state index in [2.05, 4.69) is 10.6 Å². The number of rotatable bonds is 21. The summed E-state index contributed by atoms with van der Waals surface area (Å²) >= 11 is 0. The van der Waals surface area contributed by atoms with Crippen LogP contribution in [0.1, 0.15) is 64.7 Å². The van der Waals surface area contributed by atoms with Crippen LogP contribution in [0.25, 0.3) is 0 Å². The van der Waals surface area contributed by atoms with E-state index in [9.17, 15) is 55.2 Å². The minimum atomic E-state index is -1.53. The second kappa shape index (κ2) is 21.2. The van der Waals surface area contributed by atoms with Crippen molar-refractivity contribution in [1.29, 1.82) is 0 Å². The van der Waals surface area contributed by atoms with Gasteiger partial charge in [0.1, 0.15) is 48.8 Å². The quantitative estimate of drug-likeness (QED) is 0.0528. The summed E-state index contributed by atoms with van der Waals surface area (Å²) in [5.41, 5.74) is 0. The summed E-state index contributed by atoms with van der Waals surface area (Å²) < 4.78 is 21.3. The van der Waals surface area contributed by atoms with Crippen LogP contribution in [-0.4, -0.2) is 159 Å². The van der Waals surface area contributed by atoms with E-state index in [0.29, 0.717) is 51.5 Å². The molecule has 0 aromatic carbocycles. The zero-order valence-corrected chi connectivity index (χ0v) is 26.2. The van der Waals surface area contributed by atoms with E-state index >= 15 is 0 Å². The lowest BCUT2D eigenvalue weighted by molar-refractivity contribution is -0.301. The number of amides is 2. The fraction of sp³-hybridized carbons (Fsp3) is 0.897. The molecule has 2 fully saturated rings. The topological polar surface area (TPSA) is 274 Å². The van der Waals surface area contributed by atoms with Crippen molar-refractivity contribution in [2.24, 2.45) is 0 Å². The van der Waals surface area contributed by atoms with Gasteiger partial charge in [-0.05, 0) is 51.9 Å². The van der Waals surface area contributed by atoms with Crippen LogP contribution in [-0.2, 0) is 33.3 Å². The first-order valence-corrected chi connectivity index (χ1v) is 15.8. The normalized spacial score (nSPS) is 32.1. The minimum Gasteiger partial charge on any atom is -0.394 e. The standard InChI is InChI=1S/C29H52N2O15/c1-16(34)17(31-21(36)10-4-7-13-44-29-27(42)25(40)23(38)19(15-33)46-29)8-2-5-11-30-20(35)9-3-6-12-43-28-26(41)24(39)22(37)18(14-32)45-28/h17-19,22-29,32-33,37-42H,2-15H2,1H3,(H,30,35)(H,31,36)/t17?,18?,19?,22?,23?,24?,25?,26?,27?,28?,29-/m1/s1. The van der Waals surface area contributed by atoms with Crippen LogP contribution in [0.5, 0.6) is 0 Å². The molecule has 268 valence electrons. The van der Waals surface area contributed by atoms with Gasteiger partial charge in [0.05, 0.1) is 19.3 Å². The second-order valence-corrected chi connectivity index (χ2v) is 11.6. The predicted molar refractivity (Wildman–Crippen MR) is 157 cm³/mol. The molecular weight excluding hydrogens is 616 g/mol. The summed E-state index contributed by atoms with van der Waals surface area (Å²) in [6.45, 7) is 0.898. The van der Waals surface area contributed by atoms with Gasteiger partial charge in [-0.15, -0.1) is 0 Å². The highest BCUT2D eigenvalue weighted by molar-refractivity contribution is 5.87. The molecule has 2 amide bonds. The molecule has 2 saturated heterocycles. The Morgan fingerprint density at radius 1 is 0.652 bits per heavy atom. The molecule has 10 N–H and O–H groups in total. The molecule has 0 aromatic heterocycles. The molecule has 2 rings (SSSR count). The number of aliphatic hydroxyl groups is 8. The predicted octanol–water partition coefficient (Wildman–Crippen LogP) is -3.68. The van der Waals surface area contributed by atoms with Gasteiger partial charge in [0, 0.05) is 32.6 Å². The largest absolute Gasteiger partial charge is 0.394 e. The first-order chi connectivity index (χ1) is 21.9. The van der Waals surface area contributed by atoms with Gasteiger partial charge in [0.25, 0.3) is 0 Å². The monoisotopic (exact) mass is 668 g/mol. The summed E-state index contributed by atoms with van der Waals surface area (Å²) in [5.74, 6) is -0.661. The third-order valence-corrected chi connectivity index (χ3v) is 7.93. The molecule has 2 aliphatic heterocycles. The van der Waals surface area contributed by atoms with Crippen molar-refractivity contribution in [3.8, 4) is 0 Å². The van der Waals surface area contributed by atoms with Gasteiger partial charge in [-0.3, -0.25) is 14.4 Å². The van der Waals surface area contributed by atoms with Gasteiger partial charge in [0.2, 0.25) is 11.8 Å². The van der Waals surface area contributed by atoms with Crippen LogP contribution in [0.3, 0.4) is 0 Å². The molecule has 0 spiro atoms. The first kappa shape index (κ1) is 40.3. The number of carbonyl (C=O) groups is 3. The Morgan fingerprint density at radius 3 is 1.59 bits per heavy atom. The van der Waals surface area contributed by atoms with Crippen LogP contribution in [0.4, 0.5) is 0 Å². The van der Waals surface area contributed by atoms with Crippen molar-refractivity contribution < 1.29 is 74.2 Å². The van der Waals surface area contributed by atoms with Gasteiger partial charge < -0.3 is 70.4 Å². The molecule has 17 heteroatoms. The van der Waals surface area contributed by atoms with Gasteiger partial charge in [-0.25, -0.2) is 0 Å². The third kappa shape index (κ3) is 13.0. The number of ether oxygens (including phenoxy) is 4. The van der Waals surface area contributed by atoms with Crippen molar-refractivity contribution >= 4 is 17.6 Å². The maximum absolute atomic E-state index is 12.3. The highest BCUT2D eigenvalue weighted by atomic mass is 16.7. The lowest BCUT2D eigenvalue weighted by Crippen LogP contribution is -2.59. The van der Waals surface area contributed by atoms with Crippen molar-refractivity contribution in [3.63, 3.8) is 0 Å². The van der Waals surface area contributed by atoms with Gasteiger partial charge in [-0.2, -0.15) is 0 Å². The van der Waals surface area contributed by atoms with Crippen LogP contribution in [0, 0.1) is 0 Å². The van der Waals surface area contributed by atoms with E-state index in [-0.39, 0.29) is 43.7 Å². The number of hydrogen-bond acceptors (Lipinski definition) is 15. The van der Waals surface area contributed by atoms with Crippen molar-refractivity contribution in [2.45, 2.75) is 132 Å². The van der Waals surface area contributed by atoms with E-state index in [0.717, 1.165) is 0 Å². The van der Waals surface area contributed by atoms with Crippen LogP contribution in [0.15, 0.2) is 0 Å². The Balaban J connectivity index is 1.52. The van der Waals surface area contributed by atoms with E-state index in [4.69, 9.17) is 18.9 Å². The molecule has 0 bridgehead atoms. The van der Waals surface area contributed by atoms with Crippen LogP contribution in [0.2, 0.25) is 0 Å². The number of ketones is 1. The number of Topliss-reactive ketones (excluding diaryl/α,β-unsaturated/α-hetero) is 1. The first-order valence-electron chi connectivity index (χ1n) is 15.8. The van der Waals surface area contributed by atoms with Crippen molar-refractivity contribution in [3.05, 3.63) is 0 Å². The Morgan fingerprint density at radius 2 is 1.13 bits per heavy atom. The number of carbonyl (C=O) groups excluding carboxylic acids is 3. The minimum absolute atomic E-state index is 0.0910.